The van der Waals surface area contributed by atoms with Crippen molar-refractivity contribution in [2.45, 2.75) is 32.9 Å². The van der Waals surface area contributed by atoms with Gasteiger partial charge >= 0.3 is 0 Å². The maximum Gasteiger partial charge on any atom is 0.273 e. The van der Waals surface area contributed by atoms with Crippen molar-refractivity contribution >= 4 is 21.8 Å². The van der Waals surface area contributed by atoms with Crippen molar-refractivity contribution in [1.82, 2.24) is 20.3 Å². The van der Waals surface area contributed by atoms with Crippen LogP contribution in [0.5, 0.6) is 5.75 Å². The molecule has 0 radical (unpaired) electrons. The van der Waals surface area contributed by atoms with Crippen LogP contribution in [-0.4, -0.2) is 39.7 Å². The maximum atomic E-state index is 12.0. The average Bonchev–Trinajstić information content (AvgIpc) is 3.03. The third kappa shape index (κ3) is 4.55. The number of aromatic nitrogens is 3. The molecule has 0 spiro atoms. The Bertz CT molecular complexity index is 703. The first-order valence-electron chi connectivity index (χ1n) is 7.73. The van der Waals surface area contributed by atoms with Crippen molar-refractivity contribution in [2.24, 2.45) is 0 Å². The summed E-state index contributed by atoms with van der Waals surface area (Å²) in [5, 5.41) is 20.2. The van der Waals surface area contributed by atoms with Gasteiger partial charge in [-0.2, -0.15) is 0 Å². The summed E-state index contributed by atoms with van der Waals surface area (Å²) in [6.45, 7) is 2.94. The van der Waals surface area contributed by atoms with Crippen LogP contribution in [0.3, 0.4) is 0 Å². The van der Waals surface area contributed by atoms with Gasteiger partial charge in [-0.3, -0.25) is 4.79 Å². The number of hydrogen-bond acceptors (Lipinski definition) is 5. The van der Waals surface area contributed by atoms with Crippen LogP contribution in [0.2, 0.25) is 0 Å². The number of methoxy groups -OCH3 is 1. The van der Waals surface area contributed by atoms with Gasteiger partial charge in [0.1, 0.15) is 5.75 Å². The predicted molar refractivity (Wildman–Crippen MR) is 93.0 cm³/mol. The lowest BCUT2D eigenvalue weighted by Crippen LogP contribution is -2.24. The van der Waals surface area contributed by atoms with E-state index in [2.05, 4.69) is 38.5 Å². The van der Waals surface area contributed by atoms with Gasteiger partial charge in [0.2, 0.25) is 0 Å². The van der Waals surface area contributed by atoms with Crippen molar-refractivity contribution in [2.75, 3.05) is 13.7 Å². The SMILES string of the molecule is CCCCNC(=O)c1cn(Cc2cc(Br)cc(CO)c2OC)nn1. The first kappa shape index (κ1) is 18.4. The molecule has 0 bridgehead atoms. The van der Waals surface area contributed by atoms with Crippen molar-refractivity contribution in [3.8, 4) is 5.75 Å². The van der Waals surface area contributed by atoms with E-state index in [1.54, 1.807) is 24.1 Å². The minimum absolute atomic E-state index is 0.127. The van der Waals surface area contributed by atoms with Crippen molar-refractivity contribution < 1.29 is 14.6 Å². The number of carbonyl (C=O) groups is 1. The molecule has 2 aromatic rings. The fraction of sp³-hybridized carbons (Fsp3) is 0.438. The number of aliphatic hydroxyl groups excluding tert-OH is 1. The zero-order chi connectivity index (χ0) is 17.5. The molecule has 2 rings (SSSR count). The number of nitrogens with zero attached hydrogens (tertiary/aromatic N) is 3. The van der Waals surface area contributed by atoms with Crippen molar-refractivity contribution in [3.63, 3.8) is 0 Å². The maximum absolute atomic E-state index is 12.0. The highest BCUT2D eigenvalue weighted by atomic mass is 79.9. The predicted octanol–water partition coefficient (Wildman–Crippen LogP) is 2.12. The van der Waals surface area contributed by atoms with E-state index >= 15 is 0 Å². The number of nitrogens with one attached hydrogen (secondary N) is 1. The Kier molecular flexibility index (Phi) is 6.74. The zero-order valence-corrected chi connectivity index (χ0v) is 15.3. The molecule has 1 amide bonds. The second-order valence-electron chi connectivity index (χ2n) is 5.33. The molecule has 8 heteroatoms. The lowest BCUT2D eigenvalue weighted by atomic mass is 10.1. The monoisotopic (exact) mass is 396 g/mol. The average molecular weight is 397 g/mol. The van der Waals surface area contributed by atoms with E-state index in [1.165, 1.54) is 0 Å². The number of halogens is 1. The third-order valence-corrected chi connectivity index (χ3v) is 3.96. The van der Waals surface area contributed by atoms with Gasteiger partial charge in [-0.05, 0) is 18.6 Å². The number of rotatable bonds is 8. The normalized spacial score (nSPS) is 10.7. The molecular weight excluding hydrogens is 376 g/mol. The summed E-state index contributed by atoms with van der Waals surface area (Å²) in [4.78, 5) is 12.0. The smallest absolute Gasteiger partial charge is 0.273 e. The highest BCUT2D eigenvalue weighted by molar-refractivity contribution is 9.10. The van der Waals surface area contributed by atoms with Crippen molar-refractivity contribution in [1.29, 1.82) is 0 Å². The van der Waals surface area contributed by atoms with Crippen LogP contribution in [0.25, 0.3) is 0 Å². The Labute approximate surface area is 149 Å². The molecule has 7 nitrogen and oxygen atoms in total. The second kappa shape index (κ2) is 8.79. The van der Waals surface area contributed by atoms with Crippen LogP contribution in [0, 0.1) is 0 Å². The molecule has 0 aliphatic heterocycles. The molecule has 0 aliphatic carbocycles. The molecule has 1 heterocycles. The van der Waals surface area contributed by atoms with Crippen molar-refractivity contribution in [3.05, 3.63) is 39.6 Å². The van der Waals surface area contributed by atoms with Crippen LogP contribution >= 0.6 is 15.9 Å². The lowest BCUT2D eigenvalue weighted by molar-refractivity contribution is 0.0948. The zero-order valence-electron chi connectivity index (χ0n) is 13.8. The van der Waals surface area contributed by atoms with Gasteiger partial charge in [-0.1, -0.05) is 34.5 Å². The first-order chi connectivity index (χ1) is 11.6. The summed E-state index contributed by atoms with van der Waals surface area (Å²) >= 11 is 3.42. The Morgan fingerprint density at radius 1 is 1.42 bits per heavy atom. The molecule has 0 aliphatic rings. The molecule has 0 fully saturated rings. The Morgan fingerprint density at radius 2 is 2.17 bits per heavy atom. The molecule has 0 saturated heterocycles. The van der Waals surface area contributed by atoms with Crippen LogP contribution in [0.4, 0.5) is 0 Å². The molecule has 1 aromatic carbocycles. The molecule has 0 atom stereocenters. The van der Waals surface area contributed by atoms with E-state index < -0.39 is 0 Å². The number of hydrogen-bond donors (Lipinski definition) is 2. The van der Waals surface area contributed by atoms with Gasteiger partial charge in [0.25, 0.3) is 5.91 Å². The molecular formula is C16H21BrN4O3. The molecule has 1 aromatic heterocycles. The summed E-state index contributed by atoms with van der Waals surface area (Å²) in [7, 11) is 1.56. The largest absolute Gasteiger partial charge is 0.496 e. The Balaban J connectivity index is 2.15. The quantitative estimate of drug-likeness (QED) is 0.667. The summed E-state index contributed by atoms with van der Waals surface area (Å²) in [6, 6.07) is 3.69. The molecule has 130 valence electrons. The van der Waals surface area contributed by atoms with Crippen LogP contribution in [0.1, 0.15) is 41.4 Å². The van der Waals surface area contributed by atoms with Crippen LogP contribution in [-0.2, 0) is 13.2 Å². The minimum Gasteiger partial charge on any atom is -0.496 e. The van der Waals surface area contributed by atoms with Gasteiger partial charge < -0.3 is 15.2 Å². The first-order valence-corrected chi connectivity index (χ1v) is 8.52. The van der Waals surface area contributed by atoms with E-state index in [0.717, 1.165) is 22.9 Å². The van der Waals surface area contributed by atoms with Crippen LogP contribution < -0.4 is 10.1 Å². The lowest BCUT2D eigenvalue weighted by Gasteiger charge is -2.13. The van der Waals surface area contributed by atoms with E-state index in [-0.39, 0.29) is 18.2 Å². The van der Waals surface area contributed by atoms with Crippen LogP contribution in [0.15, 0.2) is 22.8 Å². The highest BCUT2D eigenvalue weighted by Crippen LogP contribution is 2.29. The van der Waals surface area contributed by atoms with E-state index in [1.807, 2.05) is 6.07 Å². The second-order valence-corrected chi connectivity index (χ2v) is 6.24. The fourth-order valence-corrected chi connectivity index (χ4v) is 2.89. The summed E-state index contributed by atoms with van der Waals surface area (Å²) in [6.07, 6.45) is 3.54. The Hall–Kier alpha value is -1.93. The number of aliphatic hydroxyl groups is 1. The third-order valence-electron chi connectivity index (χ3n) is 3.50. The topological polar surface area (TPSA) is 89.3 Å². The van der Waals surface area contributed by atoms with E-state index in [0.29, 0.717) is 24.4 Å². The van der Waals surface area contributed by atoms with Gasteiger partial charge in [-0.25, -0.2) is 4.68 Å². The van der Waals surface area contributed by atoms with Gasteiger partial charge in [0, 0.05) is 22.1 Å². The molecule has 2 N–H and O–H groups in total. The fourth-order valence-electron chi connectivity index (χ4n) is 2.33. The van der Waals surface area contributed by atoms with E-state index in [4.69, 9.17) is 4.74 Å². The summed E-state index contributed by atoms with van der Waals surface area (Å²) < 4.78 is 7.80. The molecule has 0 unspecified atom stereocenters. The standard InChI is InChI=1S/C16H21BrN4O3/c1-3-4-5-18-16(23)14-9-21(20-19-14)8-11-6-13(17)7-12(10-22)15(11)24-2/h6-7,9,22H,3-5,8,10H2,1-2H3,(H,18,23). The number of carbonyl (C=O) groups excluding carboxylic acids is 1. The van der Waals surface area contributed by atoms with E-state index in [9.17, 15) is 9.90 Å². The summed E-state index contributed by atoms with van der Waals surface area (Å²) in [5.41, 5.74) is 1.79. The Morgan fingerprint density at radius 3 is 2.83 bits per heavy atom. The molecule has 0 saturated carbocycles. The number of amides is 1. The number of ether oxygens (including phenoxy) is 1. The van der Waals surface area contributed by atoms with Gasteiger partial charge in [0.05, 0.1) is 26.5 Å². The number of benzene rings is 1. The molecule has 24 heavy (non-hydrogen) atoms. The van der Waals surface area contributed by atoms with Gasteiger partial charge in [0.15, 0.2) is 5.69 Å². The number of unbranched alkanes of at least 4 members (excludes halogenated alkanes) is 1. The van der Waals surface area contributed by atoms with Gasteiger partial charge in [-0.15, -0.1) is 5.10 Å². The summed E-state index contributed by atoms with van der Waals surface area (Å²) in [5.74, 6) is 0.372. The minimum atomic E-state index is -0.230. The highest BCUT2D eigenvalue weighted by Gasteiger charge is 2.14.